The summed E-state index contributed by atoms with van der Waals surface area (Å²) in [6.07, 6.45) is 6.37. The van der Waals surface area contributed by atoms with Crippen LogP contribution in [0.5, 0.6) is 0 Å². The van der Waals surface area contributed by atoms with Crippen LogP contribution in [-0.2, 0) is 9.53 Å². The predicted octanol–water partition coefficient (Wildman–Crippen LogP) is 4.74. The van der Waals surface area contributed by atoms with Crippen molar-refractivity contribution >= 4 is 5.97 Å². The number of hydrogen-bond donors (Lipinski definition) is 0. The van der Waals surface area contributed by atoms with Crippen molar-refractivity contribution in [2.45, 2.75) is 72.3 Å². The van der Waals surface area contributed by atoms with Crippen LogP contribution in [0.4, 0.5) is 0 Å². The van der Waals surface area contributed by atoms with Gasteiger partial charge >= 0.3 is 5.97 Å². The summed E-state index contributed by atoms with van der Waals surface area (Å²) in [7, 11) is 0. The van der Waals surface area contributed by atoms with Crippen LogP contribution in [0, 0.1) is 23.2 Å². The topological polar surface area (TPSA) is 26.3 Å². The van der Waals surface area contributed by atoms with Gasteiger partial charge in [-0.2, -0.15) is 0 Å². The Morgan fingerprint density at radius 3 is 2.40 bits per heavy atom. The van der Waals surface area contributed by atoms with E-state index in [1.165, 1.54) is 32.1 Å². The number of hydrogen-bond acceptors (Lipinski definition) is 2. The van der Waals surface area contributed by atoms with Crippen LogP contribution >= 0.6 is 0 Å². The number of ether oxygens (including phenoxy) is 1. The zero-order valence-corrected chi connectivity index (χ0v) is 13.8. The molecule has 0 aromatic heterocycles. The molecule has 0 amide bonds. The standard InChI is InChI=1S/C18H30O2/c1-12(2)16(19)20-18(6)15-10-8-7-9-14(15)11-13(3)17(18,4)5/h13-15H,1,7-11H2,2-6H3. The molecule has 2 rings (SSSR count). The fourth-order valence-electron chi connectivity index (χ4n) is 4.42. The minimum absolute atomic E-state index is 0.0105. The molecule has 20 heavy (non-hydrogen) atoms. The van der Waals surface area contributed by atoms with E-state index >= 15 is 0 Å². The molecule has 4 atom stereocenters. The van der Waals surface area contributed by atoms with E-state index in [0.717, 1.165) is 5.92 Å². The van der Waals surface area contributed by atoms with Crippen molar-refractivity contribution < 1.29 is 9.53 Å². The van der Waals surface area contributed by atoms with E-state index in [9.17, 15) is 4.79 Å². The maximum Gasteiger partial charge on any atom is 0.333 e. The molecule has 0 aromatic rings. The van der Waals surface area contributed by atoms with Crippen molar-refractivity contribution in [2.24, 2.45) is 23.2 Å². The second-order valence-corrected chi connectivity index (χ2v) is 7.79. The Balaban J connectivity index is 2.36. The lowest BCUT2D eigenvalue weighted by Gasteiger charge is -2.59. The first-order valence-electron chi connectivity index (χ1n) is 8.09. The Kier molecular flexibility index (Phi) is 4.05. The van der Waals surface area contributed by atoms with Crippen LogP contribution in [0.3, 0.4) is 0 Å². The summed E-state index contributed by atoms with van der Waals surface area (Å²) in [5.41, 5.74) is 0.148. The lowest BCUT2D eigenvalue weighted by Crippen LogP contribution is -2.60. The van der Waals surface area contributed by atoms with E-state index in [1.807, 2.05) is 0 Å². The molecule has 0 aliphatic heterocycles. The second-order valence-electron chi connectivity index (χ2n) is 7.79. The Hall–Kier alpha value is -0.790. The van der Waals surface area contributed by atoms with Crippen LogP contribution in [0.2, 0.25) is 0 Å². The number of rotatable bonds is 2. The van der Waals surface area contributed by atoms with Crippen molar-refractivity contribution in [2.75, 3.05) is 0 Å². The highest BCUT2D eigenvalue weighted by Crippen LogP contribution is 2.58. The van der Waals surface area contributed by atoms with Crippen molar-refractivity contribution in [3.05, 3.63) is 12.2 Å². The third kappa shape index (κ3) is 2.31. The largest absolute Gasteiger partial charge is 0.455 e. The highest BCUT2D eigenvalue weighted by Gasteiger charge is 2.58. The molecule has 114 valence electrons. The molecule has 2 fully saturated rings. The number of fused-ring (bicyclic) bond motifs is 1. The lowest BCUT2D eigenvalue weighted by atomic mass is 9.50. The predicted molar refractivity (Wildman–Crippen MR) is 82.3 cm³/mol. The van der Waals surface area contributed by atoms with Crippen molar-refractivity contribution in [3.63, 3.8) is 0 Å². The molecular weight excluding hydrogens is 248 g/mol. The number of carbonyl (C=O) groups excluding carboxylic acids is 1. The Morgan fingerprint density at radius 1 is 1.20 bits per heavy atom. The highest BCUT2D eigenvalue weighted by molar-refractivity contribution is 5.87. The molecule has 0 radical (unpaired) electrons. The maximum atomic E-state index is 12.2. The zero-order chi connectivity index (χ0) is 15.1. The molecule has 0 bridgehead atoms. The normalized spacial score (nSPS) is 39.8. The average molecular weight is 278 g/mol. The quantitative estimate of drug-likeness (QED) is 0.539. The molecular formula is C18H30O2. The van der Waals surface area contributed by atoms with E-state index in [2.05, 4.69) is 34.3 Å². The molecule has 0 spiro atoms. The van der Waals surface area contributed by atoms with Gasteiger partial charge in [0.05, 0.1) is 0 Å². The monoisotopic (exact) mass is 278 g/mol. The van der Waals surface area contributed by atoms with Gasteiger partial charge in [0.25, 0.3) is 0 Å². The second kappa shape index (κ2) is 5.20. The summed E-state index contributed by atoms with van der Waals surface area (Å²) >= 11 is 0. The van der Waals surface area contributed by atoms with Gasteiger partial charge in [0.15, 0.2) is 0 Å². The molecule has 0 aromatic carbocycles. The number of esters is 1. The summed E-state index contributed by atoms with van der Waals surface area (Å²) in [5, 5.41) is 0. The molecule has 2 nitrogen and oxygen atoms in total. The van der Waals surface area contributed by atoms with Gasteiger partial charge in [0.1, 0.15) is 5.60 Å². The zero-order valence-electron chi connectivity index (χ0n) is 13.8. The van der Waals surface area contributed by atoms with Crippen LogP contribution < -0.4 is 0 Å². The SMILES string of the molecule is C=C(C)C(=O)OC1(C)C2CCCCC2CC(C)C1(C)C. The minimum Gasteiger partial charge on any atom is -0.455 e. The summed E-state index contributed by atoms with van der Waals surface area (Å²) in [6, 6.07) is 0. The van der Waals surface area contributed by atoms with E-state index in [1.54, 1.807) is 6.92 Å². The van der Waals surface area contributed by atoms with E-state index in [0.29, 0.717) is 17.4 Å². The fraction of sp³-hybridized carbons (Fsp3) is 0.833. The van der Waals surface area contributed by atoms with Gasteiger partial charge in [-0.05, 0) is 38.5 Å². The summed E-state index contributed by atoms with van der Waals surface area (Å²) < 4.78 is 6.06. The first kappa shape index (κ1) is 15.6. The summed E-state index contributed by atoms with van der Waals surface area (Å²) in [4.78, 5) is 12.2. The van der Waals surface area contributed by atoms with Crippen LogP contribution in [0.1, 0.15) is 66.7 Å². The van der Waals surface area contributed by atoms with Crippen LogP contribution in [-0.4, -0.2) is 11.6 Å². The van der Waals surface area contributed by atoms with Gasteiger partial charge in [-0.15, -0.1) is 0 Å². The van der Waals surface area contributed by atoms with Gasteiger partial charge in [-0.25, -0.2) is 4.79 Å². The minimum atomic E-state index is -0.369. The maximum absolute atomic E-state index is 12.2. The van der Waals surface area contributed by atoms with E-state index in [-0.39, 0.29) is 17.0 Å². The van der Waals surface area contributed by atoms with Gasteiger partial charge in [-0.3, -0.25) is 0 Å². The van der Waals surface area contributed by atoms with Gasteiger partial charge in [0.2, 0.25) is 0 Å². The Morgan fingerprint density at radius 2 is 1.80 bits per heavy atom. The molecule has 0 saturated heterocycles. The molecule has 0 heterocycles. The summed E-state index contributed by atoms with van der Waals surface area (Å²) in [6.45, 7) is 14.5. The molecule has 2 aliphatic carbocycles. The summed E-state index contributed by atoms with van der Waals surface area (Å²) in [5.74, 6) is 1.57. The van der Waals surface area contributed by atoms with Crippen LogP contribution in [0.25, 0.3) is 0 Å². The van der Waals surface area contributed by atoms with Gasteiger partial charge in [0, 0.05) is 16.9 Å². The molecule has 2 aliphatic rings. The Bertz CT molecular complexity index is 410. The van der Waals surface area contributed by atoms with Crippen molar-refractivity contribution in [1.29, 1.82) is 0 Å². The van der Waals surface area contributed by atoms with E-state index in [4.69, 9.17) is 4.74 Å². The van der Waals surface area contributed by atoms with Gasteiger partial charge in [-0.1, -0.05) is 46.6 Å². The molecule has 2 saturated carbocycles. The van der Waals surface area contributed by atoms with Crippen molar-refractivity contribution in [3.8, 4) is 0 Å². The Labute approximate surface area is 124 Å². The number of carbonyl (C=O) groups is 1. The molecule has 2 heteroatoms. The first-order valence-corrected chi connectivity index (χ1v) is 8.09. The van der Waals surface area contributed by atoms with Crippen LogP contribution in [0.15, 0.2) is 12.2 Å². The van der Waals surface area contributed by atoms with Crippen molar-refractivity contribution in [1.82, 2.24) is 0 Å². The highest BCUT2D eigenvalue weighted by atomic mass is 16.6. The fourth-order valence-corrected chi connectivity index (χ4v) is 4.42. The third-order valence-corrected chi connectivity index (χ3v) is 6.44. The van der Waals surface area contributed by atoms with Gasteiger partial charge < -0.3 is 4.74 Å². The lowest BCUT2D eigenvalue weighted by molar-refractivity contribution is -0.210. The molecule has 4 unspecified atom stereocenters. The molecule has 0 N–H and O–H groups in total. The first-order chi connectivity index (χ1) is 9.20. The smallest absolute Gasteiger partial charge is 0.333 e. The average Bonchev–Trinajstić information content (AvgIpc) is 2.37. The third-order valence-electron chi connectivity index (χ3n) is 6.44. The van der Waals surface area contributed by atoms with E-state index < -0.39 is 0 Å².